The van der Waals surface area contributed by atoms with E-state index in [1.54, 1.807) is 12.4 Å². The first kappa shape index (κ1) is 14.2. The van der Waals surface area contributed by atoms with E-state index in [2.05, 4.69) is 20.6 Å². The summed E-state index contributed by atoms with van der Waals surface area (Å²) in [6.45, 7) is 0.400. The zero-order valence-corrected chi connectivity index (χ0v) is 11.6. The highest BCUT2D eigenvalue weighted by Gasteiger charge is 2.10. The maximum absolute atomic E-state index is 10.4. The summed E-state index contributed by atoms with van der Waals surface area (Å²) in [6.07, 6.45) is 1.01. The highest BCUT2D eigenvalue weighted by Crippen LogP contribution is 2.28. The van der Waals surface area contributed by atoms with E-state index in [0.29, 0.717) is 10.0 Å². The minimum Gasteiger partial charge on any atom is -0.465 e. The lowest BCUT2D eigenvalue weighted by Gasteiger charge is -1.95. The van der Waals surface area contributed by atoms with Gasteiger partial charge in [0.25, 0.3) is 0 Å². The second kappa shape index (κ2) is 6.30. The van der Waals surface area contributed by atoms with E-state index in [0.717, 1.165) is 9.75 Å². The van der Waals surface area contributed by atoms with Gasteiger partial charge in [-0.05, 0) is 0 Å². The van der Waals surface area contributed by atoms with Gasteiger partial charge in [0.05, 0.1) is 13.1 Å². The molecule has 2 heterocycles. The van der Waals surface area contributed by atoms with E-state index in [4.69, 9.17) is 10.2 Å². The second-order valence-electron chi connectivity index (χ2n) is 3.58. The molecule has 0 aliphatic heterocycles. The van der Waals surface area contributed by atoms with Crippen molar-refractivity contribution in [3.8, 4) is 10.0 Å². The van der Waals surface area contributed by atoms with Gasteiger partial charge in [-0.1, -0.05) is 0 Å². The van der Waals surface area contributed by atoms with Gasteiger partial charge in [-0.25, -0.2) is 19.6 Å². The Bertz CT molecular complexity index is 570. The number of nitrogens with one attached hydrogen (secondary N) is 2. The van der Waals surface area contributed by atoms with E-state index in [-0.39, 0.29) is 13.1 Å². The molecule has 106 valence electrons. The molecule has 10 heteroatoms. The van der Waals surface area contributed by atoms with Crippen molar-refractivity contribution in [2.45, 2.75) is 13.1 Å². The molecule has 2 amide bonds. The fourth-order valence-electron chi connectivity index (χ4n) is 1.30. The Morgan fingerprint density at radius 1 is 0.950 bits per heavy atom. The van der Waals surface area contributed by atoms with Crippen molar-refractivity contribution in [3.63, 3.8) is 0 Å². The molecule has 0 aromatic carbocycles. The molecule has 0 unspecified atom stereocenters. The minimum atomic E-state index is -1.09. The first-order chi connectivity index (χ1) is 9.54. The zero-order valence-electron chi connectivity index (χ0n) is 9.99. The van der Waals surface area contributed by atoms with E-state index in [9.17, 15) is 9.59 Å². The zero-order chi connectivity index (χ0) is 14.5. The van der Waals surface area contributed by atoms with Crippen LogP contribution >= 0.6 is 22.7 Å². The summed E-state index contributed by atoms with van der Waals surface area (Å²) < 4.78 is 0. The highest BCUT2D eigenvalue weighted by atomic mass is 32.1. The van der Waals surface area contributed by atoms with Crippen LogP contribution in [0.15, 0.2) is 12.4 Å². The third-order valence-electron chi connectivity index (χ3n) is 2.12. The van der Waals surface area contributed by atoms with Gasteiger partial charge in [0, 0.05) is 22.1 Å². The molecular formula is C10H10N4O4S2. The summed E-state index contributed by atoms with van der Waals surface area (Å²) in [7, 11) is 0. The average molecular weight is 314 g/mol. The average Bonchev–Trinajstić information content (AvgIpc) is 3.02. The summed E-state index contributed by atoms with van der Waals surface area (Å²) >= 11 is 2.68. The molecule has 0 aliphatic rings. The van der Waals surface area contributed by atoms with Crippen LogP contribution in [0.5, 0.6) is 0 Å². The predicted molar refractivity (Wildman–Crippen MR) is 73.0 cm³/mol. The number of hydrogen-bond donors (Lipinski definition) is 4. The molecule has 0 aliphatic carbocycles. The van der Waals surface area contributed by atoms with Crippen molar-refractivity contribution in [2.75, 3.05) is 0 Å². The Kier molecular flexibility index (Phi) is 4.48. The van der Waals surface area contributed by atoms with E-state index in [1.165, 1.54) is 22.7 Å². The number of carbonyl (C=O) groups is 2. The van der Waals surface area contributed by atoms with Crippen LogP contribution < -0.4 is 10.6 Å². The Morgan fingerprint density at radius 3 is 1.70 bits per heavy atom. The van der Waals surface area contributed by atoms with Crippen LogP contribution in [0.25, 0.3) is 10.0 Å². The fourth-order valence-corrected chi connectivity index (χ4v) is 3.04. The van der Waals surface area contributed by atoms with Crippen LogP contribution in [0.3, 0.4) is 0 Å². The molecule has 0 saturated heterocycles. The lowest BCUT2D eigenvalue weighted by Crippen LogP contribution is -2.19. The molecule has 0 atom stereocenters. The van der Waals surface area contributed by atoms with Crippen LogP contribution in [0.2, 0.25) is 0 Å². The van der Waals surface area contributed by atoms with Gasteiger partial charge in [-0.15, -0.1) is 22.7 Å². The number of rotatable bonds is 5. The number of amides is 2. The molecule has 2 aromatic rings. The van der Waals surface area contributed by atoms with E-state index in [1.807, 2.05) is 0 Å². The first-order valence-electron chi connectivity index (χ1n) is 5.38. The molecule has 4 N–H and O–H groups in total. The SMILES string of the molecule is O=C(O)NCc1cnc(-c2ncc(CNC(=O)O)s2)s1. The second-order valence-corrected chi connectivity index (χ2v) is 5.81. The lowest BCUT2D eigenvalue weighted by atomic mass is 10.5. The van der Waals surface area contributed by atoms with Crippen molar-refractivity contribution >= 4 is 34.9 Å². The molecule has 8 nitrogen and oxygen atoms in total. The summed E-state index contributed by atoms with van der Waals surface area (Å²) in [5, 5.41) is 22.9. The third kappa shape index (κ3) is 3.90. The Hall–Kier alpha value is -2.20. The van der Waals surface area contributed by atoms with Gasteiger partial charge >= 0.3 is 12.2 Å². The smallest absolute Gasteiger partial charge is 0.404 e. The number of aromatic nitrogens is 2. The largest absolute Gasteiger partial charge is 0.465 e. The minimum absolute atomic E-state index is 0.200. The van der Waals surface area contributed by atoms with Gasteiger partial charge < -0.3 is 20.8 Å². The number of thiazole rings is 2. The Labute approximate surface area is 121 Å². The topological polar surface area (TPSA) is 124 Å². The Balaban J connectivity index is 2.01. The van der Waals surface area contributed by atoms with Crippen molar-refractivity contribution in [1.29, 1.82) is 0 Å². The van der Waals surface area contributed by atoms with Gasteiger partial charge in [0.15, 0.2) is 10.0 Å². The molecule has 0 saturated carbocycles. The molecular weight excluding hydrogens is 304 g/mol. The van der Waals surface area contributed by atoms with Gasteiger partial charge in [0.1, 0.15) is 0 Å². The normalized spacial score (nSPS) is 10.2. The van der Waals surface area contributed by atoms with Gasteiger partial charge in [-0.3, -0.25) is 0 Å². The summed E-state index contributed by atoms with van der Waals surface area (Å²) in [4.78, 5) is 30.7. The van der Waals surface area contributed by atoms with Crippen molar-refractivity contribution in [2.24, 2.45) is 0 Å². The standard InChI is InChI=1S/C10H10N4O4S2/c15-9(16)13-3-5-1-11-7(19-5)8-12-2-6(20-8)4-14-10(17)18/h1-2,13-14H,3-4H2,(H,15,16)(H,17,18). The maximum atomic E-state index is 10.4. The third-order valence-corrected chi connectivity index (χ3v) is 4.26. The number of carboxylic acid groups (broad SMARTS) is 2. The van der Waals surface area contributed by atoms with Gasteiger partial charge in [-0.2, -0.15) is 0 Å². The molecule has 0 fully saturated rings. The summed E-state index contributed by atoms with van der Waals surface area (Å²) in [5.41, 5.74) is 0. The van der Waals surface area contributed by atoms with Crippen LogP contribution in [-0.2, 0) is 13.1 Å². The van der Waals surface area contributed by atoms with E-state index >= 15 is 0 Å². The van der Waals surface area contributed by atoms with Crippen molar-refractivity contribution < 1.29 is 19.8 Å². The first-order valence-corrected chi connectivity index (χ1v) is 7.01. The van der Waals surface area contributed by atoms with Crippen LogP contribution in [0, 0.1) is 0 Å². The van der Waals surface area contributed by atoms with Crippen LogP contribution in [0.1, 0.15) is 9.75 Å². The molecule has 2 aromatic heterocycles. The summed E-state index contributed by atoms with van der Waals surface area (Å²) in [6, 6.07) is 0. The lowest BCUT2D eigenvalue weighted by molar-refractivity contribution is 0.193. The van der Waals surface area contributed by atoms with Crippen LogP contribution in [-0.4, -0.2) is 32.4 Å². The van der Waals surface area contributed by atoms with Crippen molar-refractivity contribution in [1.82, 2.24) is 20.6 Å². The molecule has 0 radical (unpaired) electrons. The van der Waals surface area contributed by atoms with Crippen molar-refractivity contribution in [3.05, 3.63) is 22.1 Å². The fraction of sp³-hybridized carbons (Fsp3) is 0.200. The van der Waals surface area contributed by atoms with Crippen LogP contribution in [0.4, 0.5) is 9.59 Å². The van der Waals surface area contributed by atoms with Gasteiger partial charge in [0.2, 0.25) is 0 Å². The molecule has 0 spiro atoms. The monoisotopic (exact) mass is 314 g/mol. The predicted octanol–water partition coefficient (Wildman–Crippen LogP) is 1.80. The number of nitrogens with zero attached hydrogens (tertiary/aromatic N) is 2. The number of hydrogen-bond acceptors (Lipinski definition) is 6. The van der Waals surface area contributed by atoms with E-state index < -0.39 is 12.2 Å². The highest BCUT2D eigenvalue weighted by molar-refractivity contribution is 7.21. The maximum Gasteiger partial charge on any atom is 0.404 e. The Morgan fingerprint density at radius 2 is 1.35 bits per heavy atom. The summed E-state index contributed by atoms with van der Waals surface area (Å²) in [5.74, 6) is 0. The molecule has 2 rings (SSSR count). The quantitative estimate of drug-likeness (QED) is 0.667. The molecule has 0 bridgehead atoms. The molecule has 20 heavy (non-hydrogen) atoms.